The molecule has 41 heavy (non-hydrogen) atoms. The third-order valence-electron chi connectivity index (χ3n) is 6.94. The molecule has 0 radical (unpaired) electrons. The van der Waals surface area contributed by atoms with E-state index < -0.39 is 80.1 Å². The third kappa shape index (κ3) is 6.49. The summed E-state index contributed by atoms with van der Waals surface area (Å²) in [4.78, 5) is 18.2. The Bertz CT molecular complexity index is 2030. The molecule has 2 fully saturated rings. The lowest BCUT2D eigenvalue weighted by Crippen LogP contribution is -2.44. The van der Waals surface area contributed by atoms with Crippen molar-refractivity contribution < 1.29 is 38.9 Å². The van der Waals surface area contributed by atoms with E-state index in [0.29, 0.717) is 16.7 Å². The number of ether oxygens (including phenoxy) is 1. The second kappa shape index (κ2) is 12.1. The van der Waals surface area contributed by atoms with Crippen LogP contribution in [0.5, 0.6) is 0 Å². The van der Waals surface area contributed by atoms with E-state index in [2.05, 4.69) is 10.3 Å². The van der Waals surface area contributed by atoms with E-state index in [9.17, 15) is 13.6 Å². The van der Waals surface area contributed by atoms with Crippen LogP contribution in [-0.2, 0) is 24.1 Å². The van der Waals surface area contributed by atoms with Crippen molar-refractivity contribution in [1.82, 2.24) is 10.2 Å². The van der Waals surface area contributed by atoms with Gasteiger partial charge in [0.05, 0.1) is 17.5 Å². The second-order valence-electron chi connectivity index (χ2n) is 9.89. The number of amides is 1. The molecule has 1 amide bonds. The van der Waals surface area contributed by atoms with Crippen molar-refractivity contribution in [2.24, 2.45) is 10.9 Å². The Hall–Kier alpha value is -3.62. The van der Waals surface area contributed by atoms with Gasteiger partial charge in [-0.2, -0.15) is 0 Å². The van der Waals surface area contributed by atoms with Gasteiger partial charge in [-0.25, -0.2) is 8.78 Å². The molecule has 0 unspecified atom stereocenters. The lowest BCUT2D eigenvalue weighted by Gasteiger charge is -2.34. The molecule has 0 atom stereocenters. The molecule has 0 spiro atoms. The van der Waals surface area contributed by atoms with Crippen LogP contribution in [-0.4, -0.2) is 62.7 Å². The Balaban J connectivity index is 1.39. The highest BCUT2D eigenvalue weighted by molar-refractivity contribution is 6.14. The first-order chi connectivity index (χ1) is 25.6. The predicted molar refractivity (Wildman–Crippen MR) is 157 cm³/mol. The van der Waals surface area contributed by atoms with E-state index in [-0.39, 0.29) is 54.1 Å². The Morgan fingerprint density at radius 3 is 2.56 bits per heavy atom. The second-order valence-corrected chi connectivity index (χ2v) is 9.89. The Labute approximate surface area is 261 Å². The number of halogens is 2. The SMILES string of the molecule is [2H]C1([2H])CC(Cc2cc(N3C([2H])([2H])C([2H])([2H])N(C([2H])([2H])[2H])C([2H])([2H])C3([2H])[2H])ccc2C(=O)NC2=NCc3ccc(Cc4cc(F)cc(F)c4)cc32)CC([2H])([2H])O1. The van der Waals surface area contributed by atoms with Gasteiger partial charge in [0.25, 0.3) is 5.91 Å². The van der Waals surface area contributed by atoms with Crippen LogP contribution < -0.4 is 10.2 Å². The molecule has 8 heteroatoms. The van der Waals surface area contributed by atoms with Crippen molar-refractivity contribution in [1.29, 1.82) is 0 Å². The number of carbonyl (C=O) groups is 1. The molecule has 0 saturated carbocycles. The predicted octanol–water partition coefficient (Wildman–Crippen LogP) is 4.97. The first kappa shape index (κ1) is 15.0. The molecular formula is C33H36F2N4O2. The number of benzene rings is 3. The zero-order valence-corrected chi connectivity index (χ0v) is 21.7. The average molecular weight is 574 g/mol. The molecular weight excluding hydrogens is 522 g/mol. The zero-order chi connectivity index (χ0) is 41.6. The Morgan fingerprint density at radius 2 is 1.80 bits per heavy atom. The average Bonchev–Trinajstić information content (AvgIpc) is 3.38. The molecule has 6 rings (SSSR count). The van der Waals surface area contributed by atoms with Gasteiger partial charge >= 0.3 is 0 Å². The van der Waals surface area contributed by atoms with Gasteiger partial charge in [-0.1, -0.05) is 12.1 Å². The van der Waals surface area contributed by atoms with Gasteiger partial charge in [0.1, 0.15) is 17.5 Å². The molecule has 0 aromatic heterocycles. The summed E-state index contributed by atoms with van der Waals surface area (Å²) < 4.78 is 157. The fraction of sp³-hybridized carbons (Fsp3) is 0.394. The van der Waals surface area contributed by atoms with Crippen LogP contribution in [0.3, 0.4) is 0 Å². The summed E-state index contributed by atoms with van der Waals surface area (Å²) in [5.74, 6) is -3.01. The fourth-order valence-corrected chi connectivity index (χ4v) is 4.96. The number of hydrogen-bond donors (Lipinski definition) is 1. The minimum atomic E-state index is -3.67. The number of fused-ring (bicyclic) bond motifs is 1. The Morgan fingerprint density at radius 1 is 1.02 bits per heavy atom. The molecule has 2 saturated heterocycles. The minimum Gasteiger partial charge on any atom is -0.381 e. The number of hydrogen-bond acceptors (Lipinski definition) is 5. The van der Waals surface area contributed by atoms with Gasteiger partial charge < -0.3 is 19.9 Å². The van der Waals surface area contributed by atoms with E-state index >= 15 is 0 Å². The Kier molecular flexibility index (Phi) is 4.43. The summed E-state index contributed by atoms with van der Waals surface area (Å²) in [6.45, 7) is -22.8. The molecule has 1 N–H and O–H groups in total. The van der Waals surface area contributed by atoms with Crippen molar-refractivity contribution in [3.63, 3.8) is 0 Å². The number of nitrogens with zero attached hydrogens (tertiary/aromatic N) is 3. The van der Waals surface area contributed by atoms with E-state index in [1.165, 1.54) is 12.1 Å². The molecule has 0 aliphatic carbocycles. The van der Waals surface area contributed by atoms with Gasteiger partial charge in [0.2, 0.25) is 0 Å². The number of nitrogens with one attached hydrogen (secondary N) is 1. The number of aliphatic imine (C=N–C) groups is 1. The maximum Gasteiger partial charge on any atom is 0.257 e. The lowest BCUT2D eigenvalue weighted by molar-refractivity contribution is 0.0664. The first-order valence-electron chi connectivity index (χ1n) is 20.4. The molecule has 0 bridgehead atoms. The van der Waals surface area contributed by atoms with E-state index in [0.717, 1.165) is 29.8 Å². The molecule has 3 aromatic carbocycles. The third-order valence-corrected chi connectivity index (χ3v) is 6.94. The van der Waals surface area contributed by atoms with Crippen molar-refractivity contribution in [2.75, 3.05) is 51.0 Å². The van der Waals surface area contributed by atoms with E-state index in [4.69, 9.17) is 25.3 Å². The number of amidine groups is 1. The van der Waals surface area contributed by atoms with Crippen LogP contribution in [0.2, 0.25) is 0 Å². The smallest absolute Gasteiger partial charge is 0.257 e. The molecule has 3 aromatic rings. The number of rotatable bonds is 6. The van der Waals surface area contributed by atoms with Crippen molar-refractivity contribution in [2.45, 2.75) is 32.2 Å². The maximum atomic E-state index is 14.1. The highest BCUT2D eigenvalue weighted by Gasteiger charge is 2.24. The van der Waals surface area contributed by atoms with Gasteiger partial charge in [-0.05, 0) is 97.2 Å². The van der Waals surface area contributed by atoms with Crippen LogP contribution in [0.15, 0.2) is 59.6 Å². The standard InChI is InChI=1S/C33H36F2N4O2/c1-38-8-10-39(11-9-38)29-4-5-30(26(19-29)15-22-6-12-41-13-7-22)33(40)37-32-31-18-23(2-3-25(31)21-36-32)14-24-16-27(34)20-28(35)17-24/h2-5,16-20,22H,6-15,21H2,1H3,(H,36,37,40)/i1D3,8D2,9D2,10D2,11D2,12D2,13D2. The highest BCUT2D eigenvalue weighted by Crippen LogP contribution is 2.28. The number of carbonyl (C=O) groups excluding carboxylic acids is 1. The first-order valence-corrected chi connectivity index (χ1v) is 12.9. The van der Waals surface area contributed by atoms with Gasteiger partial charge in [0, 0.05) is 71.6 Å². The minimum absolute atomic E-state index is 0.00910. The van der Waals surface area contributed by atoms with Crippen molar-refractivity contribution in [3.8, 4) is 0 Å². The summed E-state index contributed by atoms with van der Waals surface area (Å²) in [7, 11) is 0. The molecule has 3 aliphatic heterocycles. The van der Waals surface area contributed by atoms with Gasteiger partial charge in [-0.3, -0.25) is 9.79 Å². The highest BCUT2D eigenvalue weighted by atomic mass is 19.1. The molecule has 214 valence electrons. The van der Waals surface area contributed by atoms with E-state index in [1.54, 1.807) is 18.2 Å². The molecule has 3 heterocycles. The number of piperazine rings is 1. The largest absolute Gasteiger partial charge is 0.381 e. The maximum absolute atomic E-state index is 14.1. The summed E-state index contributed by atoms with van der Waals surface area (Å²) in [5.41, 5.74) is 1.61. The summed E-state index contributed by atoms with van der Waals surface area (Å²) in [5, 5.41) is 2.72. The van der Waals surface area contributed by atoms with Crippen molar-refractivity contribution in [3.05, 3.63) is 99.6 Å². The van der Waals surface area contributed by atoms with Gasteiger partial charge in [-0.15, -0.1) is 0 Å². The normalized spacial score (nSPS) is 30.9. The number of anilines is 1. The van der Waals surface area contributed by atoms with Crippen LogP contribution in [0.25, 0.3) is 0 Å². The molecule has 6 nitrogen and oxygen atoms in total. The zero-order valence-electron chi connectivity index (χ0n) is 36.7. The fourth-order valence-electron chi connectivity index (χ4n) is 4.96. The monoisotopic (exact) mass is 573 g/mol. The quantitative estimate of drug-likeness (QED) is 0.453. The topological polar surface area (TPSA) is 57.2 Å². The van der Waals surface area contributed by atoms with E-state index in [1.807, 2.05) is 0 Å². The van der Waals surface area contributed by atoms with Gasteiger partial charge in [0.15, 0.2) is 0 Å². The summed E-state index contributed by atoms with van der Waals surface area (Å²) in [6.07, 6.45) is -0.810. The van der Waals surface area contributed by atoms with Crippen LogP contribution in [0, 0.1) is 17.6 Å². The van der Waals surface area contributed by atoms with Crippen LogP contribution >= 0.6 is 0 Å². The summed E-state index contributed by atoms with van der Waals surface area (Å²) in [6, 6.07) is 11.6. The lowest BCUT2D eigenvalue weighted by atomic mass is 9.89. The van der Waals surface area contributed by atoms with Crippen LogP contribution in [0.1, 0.15) is 71.6 Å². The number of likely N-dealkylation sites (N-methyl/N-ethyl adjacent to an activating group) is 1. The van der Waals surface area contributed by atoms with Crippen LogP contribution in [0.4, 0.5) is 14.5 Å². The van der Waals surface area contributed by atoms with Crippen molar-refractivity contribution >= 4 is 17.4 Å². The summed E-state index contributed by atoms with van der Waals surface area (Å²) >= 11 is 0. The molecule has 3 aliphatic rings.